The van der Waals surface area contributed by atoms with Crippen LogP contribution in [0.4, 0.5) is 5.82 Å². The Morgan fingerprint density at radius 1 is 1.23 bits per heavy atom. The third kappa shape index (κ3) is 2.69. The van der Waals surface area contributed by atoms with Crippen molar-refractivity contribution >= 4 is 15.8 Å². The number of sulfonamides is 1. The summed E-state index contributed by atoms with van der Waals surface area (Å²) >= 11 is 0. The molecule has 0 bridgehead atoms. The molecule has 2 aromatic rings. The van der Waals surface area contributed by atoms with Gasteiger partial charge in [0.2, 0.25) is 10.0 Å². The summed E-state index contributed by atoms with van der Waals surface area (Å²) in [7, 11) is -3.53. The fraction of sp³-hybridized carbons (Fsp3) is 0.333. The van der Waals surface area contributed by atoms with Crippen LogP contribution in [-0.2, 0) is 10.0 Å². The molecule has 7 heteroatoms. The molecule has 1 atom stereocenters. The third-order valence-corrected chi connectivity index (χ3v) is 5.69. The zero-order valence-corrected chi connectivity index (χ0v) is 13.1. The van der Waals surface area contributed by atoms with Gasteiger partial charge in [-0.1, -0.05) is 18.2 Å². The lowest BCUT2D eigenvalue weighted by atomic mass is 10.1. The van der Waals surface area contributed by atoms with Crippen molar-refractivity contribution in [2.24, 2.45) is 0 Å². The lowest BCUT2D eigenvalue weighted by molar-refractivity contribution is 0.389. The van der Waals surface area contributed by atoms with E-state index < -0.39 is 10.0 Å². The van der Waals surface area contributed by atoms with E-state index in [1.54, 1.807) is 43.3 Å². The van der Waals surface area contributed by atoms with E-state index in [1.165, 1.54) is 4.31 Å². The van der Waals surface area contributed by atoms with Gasteiger partial charge in [-0.2, -0.15) is 4.31 Å². The van der Waals surface area contributed by atoms with Gasteiger partial charge < -0.3 is 5.73 Å². The highest BCUT2D eigenvalue weighted by molar-refractivity contribution is 7.89. The fourth-order valence-electron chi connectivity index (χ4n) is 2.84. The Kier molecular flexibility index (Phi) is 3.84. The summed E-state index contributed by atoms with van der Waals surface area (Å²) in [6.45, 7) is 2.25. The molecule has 2 N–H and O–H groups in total. The van der Waals surface area contributed by atoms with Crippen molar-refractivity contribution in [3.8, 4) is 0 Å². The molecule has 0 spiro atoms. The maximum absolute atomic E-state index is 12.8. The Morgan fingerprint density at radius 2 is 1.95 bits per heavy atom. The van der Waals surface area contributed by atoms with Crippen molar-refractivity contribution in [2.45, 2.75) is 30.7 Å². The first-order valence-corrected chi connectivity index (χ1v) is 8.60. The summed E-state index contributed by atoms with van der Waals surface area (Å²) in [6, 6.07) is 9.87. The second-order valence-corrected chi connectivity index (χ2v) is 7.24. The van der Waals surface area contributed by atoms with Gasteiger partial charge >= 0.3 is 0 Å². The van der Waals surface area contributed by atoms with Crippen LogP contribution in [-0.4, -0.2) is 29.2 Å². The molecule has 0 amide bonds. The molecule has 1 aliphatic heterocycles. The minimum Gasteiger partial charge on any atom is -0.384 e. The maximum atomic E-state index is 12.8. The van der Waals surface area contributed by atoms with Crippen LogP contribution < -0.4 is 5.73 Å². The topological polar surface area (TPSA) is 89.2 Å². The SMILES string of the molecule is Cc1nc(N)cc(C2CCCN2S(=O)(=O)c2ccccc2)n1. The summed E-state index contributed by atoms with van der Waals surface area (Å²) < 4.78 is 27.2. The zero-order valence-electron chi connectivity index (χ0n) is 12.3. The number of aryl methyl sites for hydroxylation is 1. The minimum absolute atomic E-state index is 0.283. The fourth-order valence-corrected chi connectivity index (χ4v) is 4.53. The average molecular weight is 318 g/mol. The predicted octanol–water partition coefficient (Wildman–Crippen LogP) is 1.89. The smallest absolute Gasteiger partial charge is 0.243 e. The molecule has 2 heterocycles. The maximum Gasteiger partial charge on any atom is 0.243 e. The Hall–Kier alpha value is -1.99. The Bertz CT molecular complexity index is 757. The van der Waals surface area contributed by atoms with Crippen LogP contribution >= 0.6 is 0 Å². The summed E-state index contributed by atoms with van der Waals surface area (Å²) in [5, 5.41) is 0. The zero-order chi connectivity index (χ0) is 15.7. The first kappa shape index (κ1) is 14.9. The van der Waals surface area contributed by atoms with E-state index in [4.69, 9.17) is 5.73 Å². The highest BCUT2D eigenvalue weighted by Gasteiger charge is 2.37. The van der Waals surface area contributed by atoms with Crippen LogP contribution in [0, 0.1) is 6.92 Å². The van der Waals surface area contributed by atoms with Crippen LogP contribution in [0.25, 0.3) is 0 Å². The number of hydrogen-bond acceptors (Lipinski definition) is 5. The van der Waals surface area contributed by atoms with Crippen molar-refractivity contribution in [2.75, 3.05) is 12.3 Å². The molecule has 1 fully saturated rings. The number of nitrogens with zero attached hydrogens (tertiary/aromatic N) is 3. The number of rotatable bonds is 3. The normalized spacial score (nSPS) is 19.4. The quantitative estimate of drug-likeness (QED) is 0.933. The average Bonchev–Trinajstić information content (AvgIpc) is 2.97. The minimum atomic E-state index is -3.53. The van der Waals surface area contributed by atoms with Crippen LogP contribution in [0.3, 0.4) is 0 Å². The van der Waals surface area contributed by atoms with Gasteiger partial charge in [0.05, 0.1) is 16.6 Å². The van der Waals surface area contributed by atoms with E-state index in [0.29, 0.717) is 28.8 Å². The van der Waals surface area contributed by atoms with Crippen LogP contribution in [0.5, 0.6) is 0 Å². The van der Waals surface area contributed by atoms with Gasteiger partial charge in [0.25, 0.3) is 0 Å². The lowest BCUT2D eigenvalue weighted by Gasteiger charge is -2.24. The first-order valence-electron chi connectivity index (χ1n) is 7.16. The molecule has 0 aliphatic carbocycles. The van der Waals surface area contributed by atoms with E-state index in [9.17, 15) is 8.42 Å². The molecule has 0 saturated carbocycles. The Morgan fingerprint density at radius 3 is 2.64 bits per heavy atom. The molecule has 1 aromatic carbocycles. The molecule has 0 radical (unpaired) electrons. The number of nitrogens with two attached hydrogens (primary N) is 1. The number of benzene rings is 1. The number of aromatic nitrogens is 2. The van der Waals surface area contributed by atoms with Crippen LogP contribution in [0.2, 0.25) is 0 Å². The summed E-state index contributed by atoms with van der Waals surface area (Å²) in [6.07, 6.45) is 1.54. The Balaban J connectivity index is 2.00. The lowest BCUT2D eigenvalue weighted by Crippen LogP contribution is -2.31. The second-order valence-electron chi connectivity index (χ2n) is 5.35. The first-order chi connectivity index (χ1) is 10.5. The number of hydrogen-bond donors (Lipinski definition) is 1. The van der Waals surface area contributed by atoms with Crippen molar-refractivity contribution < 1.29 is 8.42 Å². The number of anilines is 1. The standard InChI is InChI=1S/C15H18N4O2S/c1-11-17-13(10-15(16)18-11)14-8-5-9-19(14)22(20,21)12-6-3-2-4-7-12/h2-4,6-7,10,14H,5,8-9H2,1H3,(H2,16,17,18). The van der Waals surface area contributed by atoms with Gasteiger partial charge in [-0.25, -0.2) is 18.4 Å². The molecule has 1 unspecified atom stereocenters. The highest BCUT2D eigenvalue weighted by Crippen LogP contribution is 2.36. The molecule has 22 heavy (non-hydrogen) atoms. The molecule has 3 rings (SSSR count). The van der Waals surface area contributed by atoms with Gasteiger partial charge in [-0.15, -0.1) is 0 Å². The second kappa shape index (κ2) is 5.66. The van der Waals surface area contributed by atoms with Crippen LogP contribution in [0.15, 0.2) is 41.3 Å². The molecule has 1 aromatic heterocycles. The largest absolute Gasteiger partial charge is 0.384 e. The summed E-state index contributed by atoms with van der Waals surface area (Å²) in [5.74, 6) is 0.922. The molecule has 6 nitrogen and oxygen atoms in total. The molecular formula is C15H18N4O2S. The summed E-state index contributed by atoms with van der Waals surface area (Å²) in [5.41, 5.74) is 6.44. The molecule has 116 valence electrons. The van der Waals surface area contributed by atoms with E-state index in [-0.39, 0.29) is 6.04 Å². The van der Waals surface area contributed by atoms with Crippen molar-refractivity contribution in [1.82, 2.24) is 14.3 Å². The van der Waals surface area contributed by atoms with E-state index >= 15 is 0 Å². The molecular weight excluding hydrogens is 300 g/mol. The predicted molar refractivity (Wildman–Crippen MR) is 83.5 cm³/mol. The monoisotopic (exact) mass is 318 g/mol. The number of nitrogen functional groups attached to an aromatic ring is 1. The summed E-state index contributed by atoms with van der Waals surface area (Å²) in [4.78, 5) is 8.73. The molecule has 1 saturated heterocycles. The van der Waals surface area contributed by atoms with Gasteiger partial charge in [-0.05, 0) is 31.9 Å². The van der Waals surface area contributed by atoms with Crippen molar-refractivity contribution in [3.63, 3.8) is 0 Å². The van der Waals surface area contributed by atoms with Crippen molar-refractivity contribution in [1.29, 1.82) is 0 Å². The molecule has 1 aliphatic rings. The third-order valence-electron chi connectivity index (χ3n) is 3.77. The van der Waals surface area contributed by atoms with Gasteiger partial charge in [0.1, 0.15) is 11.6 Å². The van der Waals surface area contributed by atoms with Gasteiger partial charge in [0.15, 0.2) is 0 Å². The van der Waals surface area contributed by atoms with Gasteiger partial charge in [-0.3, -0.25) is 0 Å². The van der Waals surface area contributed by atoms with Gasteiger partial charge in [0, 0.05) is 12.6 Å². The van der Waals surface area contributed by atoms with E-state index in [2.05, 4.69) is 9.97 Å². The van der Waals surface area contributed by atoms with E-state index in [1.807, 2.05) is 0 Å². The van der Waals surface area contributed by atoms with E-state index in [0.717, 1.165) is 12.8 Å². The Labute approximate surface area is 130 Å². The van der Waals surface area contributed by atoms with Crippen molar-refractivity contribution in [3.05, 3.63) is 47.9 Å². The van der Waals surface area contributed by atoms with Crippen LogP contribution in [0.1, 0.15) is 30.4 Å². The highest BCUT2D eigenvalue weighted by atomic mass is 32.2.